The fraction of sp³-hybridized carbons (Fsp3) is 0.765. The molecule has 2 heterocycles. The molecule has 1 aliphatic carbocycles. The van der Waals surface area contributed by atoms with Gasteiger partial charge in [-0.05, 0) is 46.0 Å². The molecule has 1 N–H and O–H groups in total. The molecule has 1 saturated carbocycles. The highest BCUT2D eigenvalue weighted by Gasteiger charge is 2.45. The van der Waals surface area contributed by atoms with Gasteiger partial charge in [0.05, 0.1) is 5.69 Å². The number of carboxylic acids is 1. The normalized spacial score (nSPS) is 29.0. The number of nitrogens with zero attached hydrogens (tertiary/aromatic N) is 3. The molecular weight excluding hydrogens is 278 g/mol. The Morgan fingerprint density at radius 3 is 2.77 bits per heavy atom. The Morgan fingerprint density at radius 2 is 2.14 bits per heavy atom. The first-order chi connectivity index (χ1) is 10.5. The van der Waals surface area contributed by atoms with Crippen LogP contribution in [0.3, 0.4) is 0 Å². The number of hydrogen-bond donors (Lipinski definition) is 1. The van der Waals surface area contributed by atoms with Gasteiger partial charge >= 0.3 is 5.97 Å². The van der Waals surface area contributed by atoms with Gasteiger partial charge in [0, 0.05) is 30.4 Å². The highest BCUT2D eigenvalue weighted by atomic mass is 16.4. The second kappa shape index (κ2) is 6.03. The van der Waals surface area contributed by atoms with E-state index in [2.05, 4.69) is 30.0 Å². The minimum atomic E-state index is -0.664. The van der Waals surface area contributed by atoms with Crippen molar-refractivity contribution >= 4 is 5.97 Å². The molecule has 2 fully saturated rings. The van der Waals surface area contributed by atoms with E-state index in [1.54, 1.807) is 0 Å². The van der Waals surface area contributed by atoms with Crippen molar-refractivity contribution in [3.8, 4) is 0 Å². The monoisotopic (exact) mass is 305 g/mol. The second-order valence-electron chi connectivity index (χ2n) is 7.19. The van der Waals surface area contributed by atoms with Gasteiger partial charge in [0.25, 0.3) is 0 Å². The number of carboxylic acid groups (broad SMARTS) is 1. The van der Waals surface area contributed by atoms with Crippen molar-refractivity contribution < 1.29 is 9.90 Å². The molecule has 3 rings (SSSR count). The zero-order valence-corrected chi connectivity index (χ0v) is 13.8. The summed E-state index contributed by atoms with van der Waals surface area (Å²) in [6.45, 7) is 6.97. The predicted octanol–water partition coefficient (Wildman–Crippen LogP) is 2.99. The van der Waals surface area contributed by atoms with Crippen LogP contribution in [0.25, 0.3) is 0 Å². The first-order valence-electron chi connectivity index (χ1n) is 8.50. The van der Waals surface area contributed by atoms with Gasteiger partial charge in [-0.1, -0.05) is 12.8 Å². The molecular formula is C17H27N3O2. The maximum Gasteiger partial charge on any atom is 0.320 e. The molecule has 0 radical (unpaired) electrons. The third-order valence-electron chi connectivity index (χ3n) is 5.41. The molecule has 1 aliphatic heterocycles. The van der Waals surface area contributed by atoms with Crippen LogP contribution in [0.4, 0.5) is 0 Å². The molecule has 122 valence electrons. The SMILES string of the molecule is Cc1nn(C(C)C)cc1CN1C(C(=O)O)CC2CCCCC21. The van der Waals surface area contributed by atoms with Crippen LogP contribution in [0.1, 0.15) is 63.3 Å². The maximum atomic E-state index is 11.7. The van der Waals surface area contributed by atoms with Crippen molar-refractivity contribution in [2.24, 2.45) is 5.92 Å². The number of rotatable bonds is 4. The van der Waals surface area contributed by atoms with Crippen molar-refractivity contribution in [2.45, 2.75) is 77.5 Å². The lowest BCUT2D eigenvalue weighted by molar-refractivity contribution is -0.142. The maximum absolute atomic E-state index is 11.7. The second-order valence-corrected chi connectivity index (χ2v) is 7.19. The fourth-order valence-corrected chi connectivity index (χ4v) is 4.16. The van der Waals surface area contributed by atoms with Crippen molar-refractivity contribution in [1.82, 2.24) is 14.7 Å². The van der Waals surface area contributed by atoms with Gasteiger partial charge in [0.2, 0.25) is 0 Å². The van der Waals surface area contributed by atoms with Crippen LogP contribution in [0.5, 0.6) is 0 Å². The van der Waals surface area contributed by atoms with E-state index in [0.29, 0.717) is 18.0 Å². The summed E-state index contributed by atoms with van der Waals surface area (Å²) >= 11 is 0. The third-order valence-corrected chi connectivity index (χ3v) is 5.41. The quantitative estimate of drug-likeness (QED) is 0.929. The Hall–Kier alpha value is -1.36. The van der Waals surface area contributed by atoms with Crippen LogP contribution < -0.4 is 0 Å². The van der Waals surface area contributed by atoms with E-state index < -0.39 is 5.97 Å². The van der Waals surface area contributed by atoms with Crippen molar-refractivity contribution in [3.63, 3.8) is 0 Å². The van der Waals surface area contributed by atoms with E-state index in [9.17, 15) is 9.90 Å². The average molecular weight is 305 g/mol. The van der Waals surface area contributed by atoms with Crippen LogP contribution in [-0.4, -0.2) is 37.8 Å². The van der Waals surface area contributed by atoms with E-state index in [0.717, 1.165) is 25.1 Å². The van der Waals surface area contributed by atoms with Gasteiger partial charge < -0.3 is 5.11 Å². The molecule has 5 heteroatoms. The van der Waals surface area contributed by atoms with E-state index in [1.165, 1.54) is 24.8 Å². The Balaban J connectivity index is 1.83. The van der Waals surface area contributed by atoms with Gasteiger partial charge in [-0.15, -0.1) is 0 Å². The predicted molar refractivity (Wildman–Crippen MR) is 84.7 cm³/mol. The average Bonchev–Trinajstić information content (AvgIpc) is 3.02. The van der Waals surface area contributed by atoms with E-state index in [-0.39, 0.29) is 6.04 Å². The van der Waals surface area contributed by atoms with Gasteiger partial charge in [0.1, 0.15) is 6.04 Å². The lowest BCUT2D eigenvalue weighted by Crippen LogP contribution is -2.41. The summed E-state index contributed by atoms with van der Waals surface area (Å²) in [5.74, 6) is -0.0985. The van der Waals surface area contributed by atoms with Crippen LogP contribution >= 0.6 is 0 Å². The largest absolute Gasteiger partial charge is 0.480 e. The first kappa shape index (κ1) is 15.5. The molecule has 0 amide bonds. The van der Waals surface area contributed by atoms with Crippen LogP contribution in [-0.2, 0) is 11.3 Å². The molecule has 1 aromatic heterocycles. The summed E-state index contributed by atoms with van der Waals surface area (Å²) in [4.78, 5) is 13.9. The van der Waals surface area contributed by atoms with Crippen LogP contribution in [0.15, 0.2) is 6.20 Å². The van der Waals surface area contributed by atoms with E-state index >= 15 is 0 Å². The van der Waals surface area contributed by atoms with Gasteiger partial charge in [-0.2, -0.15) is 5.10 Å². The highest BCUT2D eigenvalue weighted by Crippen LogP contribution is 2.40. The van der Waals surface area contributed by atoms with E-state index in [4.69, 9.17) is 0 Å². The third kappa shape index (κ3) is 2.78. The molecule has 5 nitrogen and oxygen atoms in total. The highest BCUT2D eigenvalue weighted by molar-refractivity contribution is 5.74. The van der Waals surface area contributed by atoms with Crippen LogP contribution in [0.2, 0.25) is 0 Å². The van der Waals surface area contributed by atoms with Gasteiger partial charge in [-0.25, -0.2) is 0 Å². The van der Waals surface area contributed by atoms with Gasteiger partial charge in [0.15, 0.2) is 0 Å². The number of aliphatic carboxylic acids is 1. The lowest BCUT2D eigenvalue weighted by atomic mass is 9.84. The standard InChI is InChI=1S/C17H27N3O2/c1-11(2)20-10-14(12(3)18-20)9-19-15-7-5-4-6-13(15)8-16(19)17(21)22/h10-11,13,15-16H,4-9H2,1-3H3,(H,21,22). The number of aryl methyl sites for hydroxylation is 1. The molecule has 3 atom stereocenters. The van der Waals surface area contributed by atoms with Crippen LogP contribution in [0, 0.1) is 12.8 Å². The molecule has 22 heavy (non-hydrogen) atoms. The van der Waals surface area contributed by atoms with Gasteiger partial charge in [-0.3, -0.25) is 14.4 Å². The van der Waals surface area contributed by atoms with Crippen molar-refractivity contribution in [2.75, 3.05) is 0 Å². The molecule has 0 aromatic carbocycles. The number of hydrogen-bond acceptors (Lipinski definition) is 3. The lowest BCUT2D eigenvalue weighted by Gasteiger charge is -2.32. The zero-order chi connectivity index (χ0) is 15.9. The summed E-state index contributed by atoms with van der Waals surface area (Å²) in [5, 5.41) is 14.2. The number of carbonyl (C=O) groups is 1. The number of likely N-dealkylation sites (tertiary alicyclic amines) is 1. The fourth-order valence-electron chi connectivity index (χ4n) is 4.16. The summed E-state index contributed by atoms with van der Waals surface area (Å²) in [7, 11) is 0. The molecule has 3 unspecified atom stereocenters. The van der Waals surface area contributed by atoms with Crippen molar-refractivity contribution in [1.29, 1.82) is 0 Å². The zero-order valence-electron chi connectivity index (χ0n) is 13.8. The minimum Gasteiger partial charge on any atom is -0.480 e. The number of fused-ring (bicyclic) bond motifs is 1. The number of aromatic nitrogens is 2. The summed E-state index contributed by atoms with van der Waals surface area (Å²) in [6, 6.07) is 0.454. The Bertz CT molecular complexity index is 552. The smallest absolute Gasteiger partial charge is 0.320 e. The van der Waals surface area contributed by atoms with E-state index in [1.807, 2.05) is 11.6 Å². The molecule has 1 saturated heterocycles. The molecule has 1 aromatic rings. The molecule has 2 aliphatic rings. The Morgan fingerprint density at radius 1 is 1.41 bits per heavy atom. The first-order valence-corrected chi connectivity index (χ1v) is 8.50. The summed E-state index contributed by atoms with van der Waals surface area (Å²) in [6.07, 6.45) is 7.73. The Kier molecular flexibility index (Phi) is 4.26. The Labute approximate surface area is 132 Å². The summed E-state index contributed by atoms with van der Waals surface area (Å²) < 4.78 is 1.98. The van der Waals surface area contributed by atoms with Crippen molar-refractivity contribution in [3.05, 3.63) is 17.5 Å². The minimum absolute atomic E-state index is 0.324. The molecule has 0 spiro atoms. The molecule has 0 bridgehead atoms. The summed E-state index contributed by atoms with van der Waals surface area (Å²) in [5.41, 5.74) is 2.20. The topological polar surface area (TPSA) is 58.4 Å².